The molecule has 37 heavy (non-hydrogen) atoms. The summed E-state index contributed by atoms with van der Waals surface area (Å²) in [6.45, 7) is 1.24. The van der Waals surface area contributed by atoms with Gasteiger partial charge in [-0.05, 0) is 60.5 Å². The molecule has 4 N–H and O–H groups in total. The maximum Gasteiger partial charge on any atom is 0.411 e. The molecule has 3 aromatic carbocycles. The second-order valence-corrected chi connectivity index (χ2v) is 8.30. The third-order valence-electron chi connectivity index (χ3n) is 5.67. The molecule has 2 amide bonds. The molecule has 0 aliphatic heterocycles. The van der Waals surface area contributed by atoms with Crippen LogP contribution in [-0.2, 0) is 9.47 Å². The number of carbonyl (C=O) groups excluding carboxylic acids is 2. The minimum absolute atomic E-state index is 0.0320. The highest BCUT2D eigenvalue weighted by molar-refractivity contribution is 5.85. The van der Waals surface area contributed by atoms with Crippen molar-refractivity contribution in [1.29, 1.82) is 0 Å². The summed E-state index contributed by atoms with van der Waals surface area (Å²) in [7, 11) is 2.63. The Morgan fingerprint density at radius 3 is 1.78 bits per heavy atom. The largest absolute Gasteiger partial charge is 0.491 e. The number of aliphatic hydroxyl groups is 1. The van der Waals surface area contributed by atoms with E-state index in [0.717, 1.165) is 23.3 Å². The Labute approximate surface area is 216 Å². The number of hydrogen-bond acceptors (Lipinski definition) is 7. The zero-order chi connectivity index (χ0) is 26.5. The van der Waals surface area contributed by atoms with E-state index in [1.54, 1.807) is 0 Å². The Hall–Kier alpha value is -4.08. The van der Waals surface area contributed by atoms with Crippen molar-refractivity contribution in [3.63, 3.8) is 0 Å². The van der Waals surface area contributed by atoms with E-state index in [4.69, 9.17) is 4.74 Å². The van der Waals surface area contributed by atoms with Gasteiger partial charge in [0.2, 0.25) is 0 Å². The first kappa shape index (κ1) is 27.5. The van der Waals surface area contributed by atoms with E-state index in [0.29, 0.717) is 24.5 Å². The van der Waals surface area contributed by atoms with Crippen molar-refractivity contribution in [3.8, 4) is 5.75 Å². The van der Waals surface area contributed by atoms with Crippen molar-refractivity contribution in [2.45, 2.75) is 18.4 Å². The van der Waals surface area contributed by atoms with Gasteiger partial charge in [-0.3, -0.25) is 10.6 Å². The molecule has 0 bridgehead atoms. The number of carbonyl (C=O) groups is 2. The average Bonchev–Trinajstić information content (AvgIpc) is 2.93. The summed E-state index contributed by atoms with van der Waals surface area (Å²) < 4.78 is 14.9. The molecule has 0 aliphatic carbocycles. The van der Waals surface area contributed by atoms with Gasteiger partial charge in [0, 0.05) is 23.8 Å². The summed E-state index contributed by atoms with van der Waals surface area (Å²) in [5.41, 5.74) is 3.37. The molecule has 0 aromatic heterocycles. The lowest BCUT2D eigenvalue weighted by Crippen LogP contribution is -2.32. The van der Waals surface area contributed by atoms with Gasteiger partial charge >= 0.3 is 12.2 Å². The van der Waals surface area contributed by atoms with E-state index in [2.05, 4.69) is 25.4 Å². The predicted octanol–water partition coefficient (Wildman–Crippen LogP) is 4.59. The first-order chi connectivity index (χ1) is 18.0. The Kier molecular flexibility index (Phi) is 10.8. The van der Waals surface area contributed by atoms with Crippen LogP contribution in [0.25, 0.3) is 0 Å². The SMILES string of the molecule is COC(=O)Nc1ccc(C(CCNC[C@@H](O)COc2ccccc2)c2ccc(NC(=O)OC)cc2)cc1. The number of methoxy groups -OCH3 is 2. The molecular weight excluding hydrogens is 474 g/mol. The van der Waals surface area contributed by atoms with Gasteiger partial charge in [0.05, 0.1) is 14.2 Å². The van der Waals surface area contributed by atoms with Crippen molar-refractivity contribution >= 4 is 23.6 Å². The molecule has 9 nitrogen and oxygen atoms in total. The number of anilines is 2. The molecule has 9 heteroatoms. The van der Waals surface area contributed by atoms with Crippen LogP contribution in [0.1, 0.15) is 23.5 Å². The van der Waals surface area contributed by atoms with Crippen LogP contribution in [0, 0.1) is 0 Å². The molecular formula is C28H33N3O6. The molecule has 0 spiro atoms. The number of benzene rings is 3. The number of hydrogen-bond donors (Lipinski definition) is 4. The van der Waals surface area contributed by atoms with Crippen LogP contribution in [0.5, 0.6) is 5.75 Å². The number of ether oxygens (including phenoxy) is 3. The third-order valence-corrected chi connectivity index (χ3v) is 5.67. The van der Waals surface area contributed by atoms with Gasteiger partial charge < -0.3 is 24.6 Å². The molecule has 3 rings (SSSR count). The molecule has 3 aromatic rings. The second-order valence-electron chi connectivity index (χ2n) is 8.30. The predicted molar refractivity (Wildman–Crippen MR) is 142 cm³/mol. The lowest BCUT2D eigenvalue weighted by molar-refractivity contribution is 0.106. The van der Waals surface area contributed by atoms with Crippen LogP contribution in [0.3, 0.4) is 0 Å². The third kappa shape index (κ3) is 9.14. The van der Waals surface area contributed by atoms with Crippen LogP contribution >= 0.6 is 0 Å². The fraction of sp³-hybridized carbons (Fsp3) is 0.286. The molecule has 196 valence electrons. The fourth-order valence-corrected chi connectivity index (χ4v) is 3.74. The summed E-state index contributed by atoms with van der Waals surface area (Å²) in [4.78, 5) is 23.0. The number of amides is 2. The number of para-hydroxylation sites is 1. The van der Waals surface area contributed by atoms with Crippen molar-refractivity contribution in [3.05, 3.63) is 90.0 Å². The molecule has 0 radical (unpaired) electrons. The molecule has 0 unspecified atom stereocenters. The van der Waals surface area contributed by atoms with E-state index < -0.39 is 18.3 Å². The lowest BCUT2D eigenvalue weighted by Gasteiger charge is -2.20. The zero-order valence-electron chi connectivity index (χ0n) is 21.0. The van der Waals surface area contributed by atoms with Crippen LogP contribution in [0.2, 0.25) is 0 Å². The summed E-state index contributed by atoms with van der Waals surface area (Å²) in [6, 6.07) is 24.5. The van der Waals surface area contributed by atoms with E-state index in [1.165, 1.54) is 14.2 Å². The molecule has 0 aliphatic rings. The molecule has 0 saturated carbocycles. The minimum atomic E-state index is -0.647. The van der Waals surface area contributed by atoms with Gasteiger partial charge in [-0.15, -0.1) is 0 Å². The van der Waals surface area contributed by atoms with Gasteiger partial charge in [-0.1, -0.05) is 42.5 Å². The van der Waals surface area contributed by atoms with E-state index in [-0.39, 0.29) is 12.5 Å². The highest BCUT2D eigenvalue weighted by Gasteiger charge is 2.16. The van der Waals surface area contributed by atoms with Gasteiger partial charge in [0.25, 0.3) is 0 Å². The normalized spacial score (nSPS) is 11.5. The Morgan fingerprint density at radius 2 is 1.30 bits per heavy atom. The van der Waals surface area contributed by atoms with Crippen molar-refractivity contribution in [1.82, 2.24) is 5.32 Å². The zero-order valence-corrected chi connectivity index (χ0v) is 21.0. The highest BCUT2D eigenvalue weighted by atomic mass is 16.5. The summed E-state index contributed by atoms with van der Waals surface area (Å²) in [6.07, 6.45) is -0.959. The van der Waals surface area contributed by atoms with Crippen molar-refractivity contribution in [2.24, 2.45) is 0 Å². The Bertz CT molecular complexity index is 1050. The van der Waals surface area contributed by atoms with Gasteiger partial charge in [0.15, 0.2) is 0 Å². The fourth-order valence-electron chi connectivity index (χ4n) is 3.74. The highest BCUT2D eigenvalue weighted by Crippen LogP contribution is 2.30. The van der Waals surface area contributed by atoms with Crippen LogP contribution in [0.15, 0.2) is 78.9 Å². The summed E-state index contributed by atoms with van der Waals surface area (Å²) >= 11 is 0. The standard InChI is InChI=1S/C28H33N3O6/c1-35-27(33)30-22-12-8-20(9-13-22)26(21-10-14-23(15-11-21)31-28(34)36-2)16-17-29-18-24(32)19-37-25-6-4-3-5-7-25/h3-15,24,26,29,32H,16-19H2,1-2H3,(H,30,33)(H,31,34)/t24-/m1/s1. The number of rotatable bonds is 12. The van der Waals surface area contributed by atoms with Crippen LogP contribution in [0.4, 0.5) is 21.0 Å². The first-order valence-electron chi connectivity index (χ1n) is 11.9. The summed E-state index contributed by atoms with van der Waals surface area (Å²) in [5, 5.41) is 18.9. The van der Waals surface area contributed by atoms with Gasteiger partial charge in [-0.2, -0.15) is 0 Å². The van der Waals surface area contributed by atoms with E-state index in [9.17, 15) is 14.7 Å². The minimum Gasteiger partial charge on any atom is -0.491 e. The number of aliphatic hydroxyl groups excluding tert-OH is 1. The van der Waals surface area contributed by atoms with E-state index in [1.807, 2.05) is 78.9 Å². The van der Waals surface area contributed by atoms with Gasteiger partial charge in [0.1, 0.15) is 18.5 Å². The Morgan fingerprint density at radius 1 is 0.784 bits per heavy atom. The first-order valence-corrected chi connectivity index (χ1v) is 11.9. The lowest BCUT2D eigenvalue weighted by atomic mass is 9.88. The smallest absolute Gasteiger partial charge is 0.411 e. The van der Waals surface area contributed by atoms with Gasteiger partial charge in [-0.25, -0.2) is 9.59 Å². The second kappa shape index (κ2) is 14.5. The monoisotopic (exact) mass is 507 g/mol. The van der Waals surface area contributed by atoms with Crippen LogP contribution in [-0.4, -0.2) is 57.3 Å². The summed E-state index contributed by atoms with van der Waals surface area (Å²) in [5.74, 6) is 0.751. The average molecular weight is 508 g/mol. The van der Waals surface area contributed by atoms with Crippen molar-refractivity contribution in [2.75, 3.05) is 44.5 Å². The maximum atomic E-state index is 11.5. The molecule has 0 heterocycles. The molecule has 0 saturated heterocycles. The van der Waals surface area contributed by atoms with E-state index >= 15 is 0 Å². The van der Waals surface area contributed by atoms with Crippen molar-refractivity contribution < 1.29 is 28.9 Å². The quantitative estimate of drug-likeness (QED) is 0.265. The van der Waals surface area contributed by atoms with Crippen LogP contribution < -0.4 is 20.7 Å². The Balaban J connectivity index is 1.62. The number of nitrogens with one attached hydrogen (secondary N) is 3. The molecule has 1 atom stereocenters. The molecule has 0 fully saturated rings. The maximum absolute atomic E-state index is 11.5. The topological polar surface area (TPSA) is 118 Å².